The van der Waals surface area contributed by atoms with E-state index in [2.05, 4.69) is 26.9 Å². The molecule has 9 nitrogen and oxygen atoms in total. The zero-order valence-electron chi connectivity index (χ0n) is 16.1. The van der Waals surface area contributed by atoms with Gasteiger partial charge in [-0.2, -0.15) is 9.94 Å². The zero-order valence-corrected chi connectivity index (χ0v) is 16.1. The molecule has 3 aromatic carbocycles. The number of tetrazole rings is 1. The summed E-state index contributed by atoms with van der Waals surface area (Å²) < 4.78 is 6.83. The van der Waals surface area contributed by atoms with Crippen LogP contribution in [-0.2, 0) is 6.61 Å². The van der Waals surface area contributed by atoms with Gasteiger partial charge in [-0.15, -0.1) is 0 Å². The molecule has 31 heavy (non-hydrogen) atoms. The Morgan fingerprint density at radius 3 is 2.55 bits per heavy atom. The van der Waals surface area contributed by atoms with Gasteiger partial charge < -0.3 is 10.1 Å². The lowest BCUT2D eigenvalue weighted by Crippen LogP contribution is -2.16. The number of H-pyrrole nitrogens is 1. The van der Waals surface area contributed by atoms with Crippen molar-refractivity contribution in [3.05, 3.63) is 100.0 Å². The minimum Gasteiger partial charge on any atom is -0.489 e. The summed E-state index contributed by atoms with van der Waals surface area (Å²) in [6.45, 7) is 0.286. The van der Waals surface area contributed by atoms with Crippen molar-refractivity contribution in [1.82, 2.24) is 20.2 Å². The number of nitriles is 1. The van der Waals surface area contributed by atoms with Crippen molar-refractivity contribution >= 4 is 11.6 Å². The fourth-order valence-corrected chi connectivity index (χ4v) is 2.85. The average Bonchev–Trinajstić information content (AvgIpc) is 3.24. The van der Waals surface area contributed by atoms with Crippen LogP contribution in [0, 0.1) is 11.3 Å². The molecule has 0 atom stereocenters. The summed E-state index contributed by atoms with van der Waals surface area (Å²) in [5.74, 6) is 0.367. The number of hydrogen-bond acceptors (Lipinski definition) is 6. The summed E-state index contributed by atoms with van der Waals surface area (Å²) in [5, 5.41) is 21.0. The number of rotatable bonds is 6. The molecule has 152 valence electrons. The highest BCUT2D eigenvalue weighted by molar-refractivity contribution is 6.04. The predicted molar refractivity (Wildman–Crippen MR) is 112 cm³/mol. The molecule has 0 aliphatic carbocycles. The first kappa shape index (κ1) is 19.6. The van der Waals surface area contributed by atoms with E-state index in [0.29, 0.717) is 28.3 Å². The van der Waals surface area contributed by atoms with Crippen molar-refractivity contribution in [3.63, 3.8) is 0 Å². The van der Waals surface area contributed by atoms with Crippen LogP contribution in [0.15, 0.2) is 77.6 Å². The lowest BCUT2D eigenvalue weighted by atomic mass is 10.1. The summed E-state index contributed by atoms with van der Waals surface area (Å²) in [5.41, 5.74) is 2.53. The van der Waals surface area contributed by atoms with Crippen LogP contribution in [0.3, 0.4) is 0 Å². The van der Waals surface area contributed by atoms with Crippen LogP contribution >= 0.6 is 0 Å². The maximum Gasteiger partial charge on any atom is 0.365 e. The van der Waals surface area contributed by atoms with Gasteiger partial charge in [0.2, 0.25) is 0 Å². The summed E-state index contributed by atoms with van der Waals surface area (Å²) in [6, 6.07) is 22.7. The number of anilines is 1. The lowest BCUT2D eigenvalue weighted by molar-refractivity contribution is 0.102. The lowest BCUT2D eigenvalue weighted by Gasteiger charge is -2.09. The van der Waals surface area contributed by atoms with Gasteiger partial charge in [-0.1, -0.05) is 12.1 Å². The van der Waals surface area contributed by atoms with Gasteiger partial charge in [0.25, 0.3) is 5.91 Å². The van der Waals surface area contributed by atoms with Crippen LogP contribution in [0.5, 0.6) is 5.75 Å². The molecule has 9 heteroatoms. The number of ether oxygens (including phenoxy) is 1. The number of carbonyl (C=O) groups excluding carboxylic acids is 1. The highest BCUT2D eigenvalue weighted by atomic mass is 16.5. The van der Waals surface area contributed by atoms with Crippen LogP contribution in [0.25, 0.3) is 5.69 Å². The van der Waals surface area contributed by atoms with Gasteiger partial charge in [0.05, 0.1) is 17.3 Å². The molecule has 1 heterocycles. The molecule has 4 rings (SSSR count). The number of carbonyl (C=O) groups is 1. The first-order valence-corrected chi connectivity index (χ1v) is 9.26. The fraction of sp³-hybridized carbons (Fsp3) is 0.0455. The molecule has 0 aliphatic rings. The number of hydrogen-bond donors (Lipinski definition) is 2. The minimum atomic E-state index is -0.447. The molecular weight excluding hydrogens is 396 g/mol. The van der Waals surface area contributed by atoms with Crippen LogP contribution in [-0.4, -0.2) is 26.1 Å². The monoisotopic (exact) mass is 412 g/mol. The Morgan fingerprint density at radius 1 is 1.10 bits per heavy atom. The third-order valence-corrected chi connectivity index (χ3v) is 4.42. The predicted octanol–water partition coefficient (Wildman–Crippen LogP) is 2.66. The van der Waals surface area contributed by atoms with Gasteiger partial charge >= 0.3 is 5.69 Å². The van der Waals surface area contributed by atoms with Gasteiger partial charge in [0.1, 0.15) is 12.4 Å². The number of benzene rings is 3. The standard InChI is InChI=1S/C22H16N6O3/c23-13-15-4-10-20(11-5-15)31-14-16-2-1-3-17(12-16)21(29)24-18-6-8-19(9-7-18)28-22(30)25-26-27-28/h1-12H,14H2,(H,24,29)(H,25,27,30). The van der Waals surface area contributed by atoms with Crippen molar-refractivity contribution < 1.29 is 9.53 Å². The fourth-order valence-electron chi connectivity index (χ4n) is 2.85. The van der Waals surface area contributed by atoms with Crippen molar-refractivity contribution in [2.24, 2.45) is 0 Å². The van der Waals surface area contributed by atoms with Crippen LogP contribution in [0.1, 0.15) is 21.5 Å². The zero-order chi connectivity index (χ0) is 21.6. The van der Waals surface area contributed by atoms with Crippen molar-refractivity contribution in [2.75, 3.05) is 5.32 Å². The quantitative estimate of drug-likeness (QED) is 0.501. The number of amides is 1. The normalized spacial score (nSPS) is 10.3. The smallest absolute Gasteiger partial charge is 0.365 e. The minimum absolute atomic E-state index is 0.272. The molecule has 0 radical (unpaired) electrons. The Labute approximate surface area is 176 Å². The molecule has 0 unspecified atom stereocenters. The maximum absolute atomic E-state index is 12.6. The van der Waals surface area contributed by atoms with E-state index in [4.69, 9.17) is 10.00 Å². The second-order valence-electron chi connectivity index (χ2n) is 6.54. The van der Waals surface area contributed by atoms with Gasteiger partial charge in [-0.3, -0.25) is 4.79 Å². The van der Waals surface area contributed by atoms with Gasteiger partial charge in [0.15, 0.2) is 0 Å². The number of aromatic amines is 1. The maximum atomic E-state index is 12.6. The summed E-state index contributed by atoms with van der Waals surface area (Å²) >= 11 is 0. The van der Waals surface area contributed by atoms with Crippen LogP contribution in [0.4, 0.5) is 5.69 Å². The molecule has 4 aromatic rings. The molecule has 1 amide bonds. The number of aromatic nitrogens is 4. The Hall–Kier alpha value is -4.71. The Kier molecular flexibility index (Phi) is 5.53. The first-order valence-electron chi connectivity index (χ1n) is 9.26. The van der Waals surface area contributed by atoms with E-state index < -0.39 is 5.69 Å². The molecular formula is C22H16N6O3. The molecule has 0 aliphatic heterocycles. The number of nitrogens with one attached hydrogen (secondary N) is 2. The van der Waals surface area contributed by atoms with Crippen LogP contribution in [0.2, 0.25) is 0 Å². The van der Waals surface area contributed by atoms with Crippen molar-refractivity contribution in [2.45, 2.75) is 6.61 Å². The second-order valence-corrected chi connectivity index (χ2v) is 6.54. The third-order valence-electron chi connectivity index (χ3n) is 4.42. The van der Waals surface area contributed by atoms with Crippen LogP contribution < -0.4 is 15.7 Å². The summed E-state index contributed by atoms with van der Waals surface area (Å²) in [7, 11) is 0. The van der Waals surface area contributed by atoms with E-state index in [1.54, 1.807) is 66.7 Å². The molecule has 1 aromatic heterocycles. The molecule has 0 fully saturated rings. The van der Waals surface area contributed by atoms with E-state index in [1.165, 1.54) is 0 Å². The van der Waals surface area contributed by atoms with E-state index in [9.17, 15) is 9.59 Å². The SMILES string of the molecule is N#Cc1ccc(OCc2cccc(C(=O)Nc3ccc(-n4nn[nH]c4=O)cc3)c2)cc1. The molecule has 0 spiro atoms. The van der Waals surface area contributed by atoms with Crippen molar-refractivity contribution in [3.8, 4) is 17.5 Å². The van der Waals surface area contributed by atoms with E-state index in [-0.39, 0.29) is 12.5 Å². The van der Waals surface area contributed by atoms with Gasteiger partial charge in [0, 0.05) is 11.3 Å². The van der Waals surface area contributed by atoms with E-state index >= 15 is 0 Å². The van der Waals surface area contributed by atoms with E-state index in [0.717, 1.165) is 10.2 Å². The second kappa shape index (κ2) is 8.75. The third kappa shape index (κ3) is 4.65. The highest BCUT2D eigenvalue weighted by Crippen LogP contribution is 2.16. The Morgan fingerprint density at radius 2 is 1.87 bits per heavy atom. The van der Waals surface area contributed by atoms with Gasteiger partial charge in [-0.25, -0.2) is 9.89 Å². The Bertz CT molecular complexity index is 1300. The van der Waals surface area contributed by atoms with Crippen molar-refractivity contribution in [1.29, 1.82) is 5.26 Å². The summed E-state index contributed by atoms with van der Waals surface area (Å²) in [4.78, 5) is 24.2. The molecule has 0 saturated heterocycles. The molecule has 2 N–H and O–H groups in total. The largest absolute Gasteiger partial charge is 0.489 e. The van der Waals surface area contributed by atoms with Gasteiger partial charge in [-0.05, 0) is 76.7 Å². The summed E-state index contributed by atoms with van der Waals surface area (Å²) in [6.07, 6.45) is 0. The first-order chi connectivity index (χ1) is 15.1. The highest BCUT2D eigenvalue weighted by Gasteiger charge is 2.09. The average molecular weight is 412 g/mol. The molecule has 0 bridgehead atoms. The Balaban J connectivity index is 1.40. The molecule has 0 saturated carbocycles. The van der Waals surface area contributed by atoms with E-state index in [1.807, 2.05) is 6.07 Å². The number of nitrogens with zero attached hydrogens (tertiary/aromatic N) is 4. The topological polar surface area (TPSA) is 126 Å².